The number of piperidine rings is 1. The predicted molar refractivity (Wildman–Crippen MR) is 105 cm³/mol. The maximum absolute atomic E-state index is 10.5. The monoisotopic (exact) mass is 366 g/mol. The molecule has 1 unspecified atom stereocenters. The van der Waals surface area contributed by atoms with Crippen molar-refractivity contribution in [3.8, 4) is 11.5 Å². The van der Waals surface area contributed by atoms with Crippen molar-refractivity contribution in [3.63, 3.8) is 0 Å². The van der Waals surface area contributed by atoms with E-state index in [1.165, 1.54) is 12.8 Å². The lowest BCUT2D eigenvalue weighted by Gasteiger charge is -2.30. The van der Waals surface area contributed by atoms with Crippen LogP contribution in [0.2, 0.25) is 0 Å². The number of phenolic OH excluding ortho intramolecular Hbond substituents is 1. The topological polar surface area (TPSA) is 58.7 Å². The molecule has 0 aliphatic carbocycles. The van der Waals surface area contributed by atoms with Crippen LogP contribution in [0.5, 0.6) is 11.5 Å². The number of hydrogen-bond acceptors (Lipinski definition) is 5. The van der Waals surface area contributed by atoms with Crippen molar-refractivity contribution in [1.82, 2.24) is 10.1 Å². The van der Waals surface area contributed by atoms with Crippen LogP contribution >= 0.6 is 0 Å². The van der Waals surface area contributed by atoms with Crippen LogP contribution in [-0.2, 0) is 13.0 Å². The van der Waals surface area contributed by atoms with Crippen molar-refractivity contribution in [1.29, 1.82) is 0 Å². The Labute approximate surface area is 159 Å². The zero-order valence-electron chi connectivity index (χ0n) is 15.9. The Morgan fingerprint density at radius 3 is 2.93 bits per heavy atom. The lowest BCUT2D eigenvalue weighted by atomic mass is 9.99. The third-order valence-electron chi connectivity index (χ3n) is 5.47. The smallest absolute Gasteiger partial charge is 0.175 e. The summed E-state index contributed by atoms with van der Waals surface area (Å²) in [6.45, 7) is 5.09. The summed E-state index contributed by atoms with van der Waals surface area (Å²) < 4.78 is 11.2. The Bertz CT molecular complexity index is 934. The van der Waals surface area contributed by atoms with Crippen LogP contribution in [0, 0.1) is 5.92 Å². The molecular formula is C22H26N2O3. The van der Waals surface area contributed by atoms with Crippen molar-refractivity contribution in [2.24, 2.45) is 5.92 Å². The molecular weight excluding hydrogens is 340 g/mol. The van der Waals surface area contributed by atoms with Crippen molar-refractivity contribution in [3.05, 3.63) is 53.2 Å². The molecule has 2 aromatic carbocycles. The number of aromatic nitrogens is 1. The Balaban J connectivity index is 1.65. The van der Waals surface area contributed by atoms with E-state index in [0.29, 0.717) is 24.5 Å². The highest BCUT2D eigenvalue weighted by molar-refractivity contribution is 5.84. The summed E-state index contributed by atoms with van der Waals surface area (Å²) in [6.07, 6.45) is 3.10. The number of ether oxygens (including phenoxy) is 1. The molecule has 0 spiro atoms. The molecule has 1 fully saturated rings. The molecule has 1 N–H and O–H groups in total. The number of fused-ring (bicyclic) bond motifs is 1. The van der Waals surface area contributed by atoms with Gasteiger partial charge in [0.15, 0.2) is 5.58 Å². The number of para-hydroxylation sites is 1. The van der Waals surface area contributed by atoms with E-state index in [4.69, 9.17) is 9.26 Å². The quantitative estimate of drug-likeness (QED) is 0.727. The van der Waals surface area contributed by atoms with Crippen LogP contribution in [-0.4, -0.2) is 35.4 Å². The number of nitrogens with zero attached hydrogens (tertiary/aromatic N) is 2. The molecule has 1 saturated heterocycles. The van der Waals surface area contributed by atoms with Crippen molar-refractivity contribution >= 4 is 11.0 Å². The van der Waals surface area contributed by atoms with Gasteiger partial charge in [-0.25, -0.2) is 0 Å². The molecule has 4 rings (SSSR count). The summed E-state index contributed by atoms with van der Waals surface area (Å²) in [4.78, 5) is 2.39. The fourth-order valence-electron chi connectivity index (χ4n) is 4.06. The van der Waals surface area contributed by atoms with E-state index >= 15 is 0 Å². The fraction of sp³-hybridized carbons (Fsp3) is 0.409. The van der Waals surface area contributed by atoms with Crippen LogP contribution in [0.15, 0.2) is 40.9 Å². The van der Waals surface area contributed by atoms with Crippen LogP contribution in [0.25, 0.3) is 11.0 Å². The summed E-state index contributed by atoms with van der Waals surface area (Å²) in [6, 6.07) is 11.6. The van der Waals surface area contributed by atoms with Gasteiger partial charge >= 0.3 is 0 Å². The van der Waals surface area contributed by atoms with Gasteiger partial charge in [-0.1, -0.05) is 30.3 Å². The number of likely N-dealkylation sites (tertiary alicyclic amines) is 1. The molecule has 1 aliphatic heterocycles. The van der Waals surface area contributed by atoms with Gasteiger partial charge in [0.05, 0.1) is 18.4 Å². The highest BCUT2D eigenvalue weighted by Crippen LogP contribution is 2.33. The van der Waals surface area contributed by atoms with Gasteiger partial charge in [0.2, 0.25) is 0 Å². The first-order valence-corrected chi connectivity index (χ1v) is 9.59. The Hall–Kier alpha value is -2.53. The molecule has 0 radical (unpaired) electrons. The van der Waals surface area contributed by atoms with Gasteiger partial charge < -0.3 is 14.4 Å². The van der Waals surface area contributed by atoms with Crippen LogP contribution < -0.4 is 4.74 Å². The second-order valence-electron chi connectivity index (χ2n) is 7.54. The summed E-state index contributed by atoms with van der Waals surface area (Å²) in [7, 11) is 1.68. The molecule has 1 aromatic heterocycles. The average molecular weight is 366 g/mol. The van der Waals surface area contributed by atoms with Crippen LogP contribution in [0.1, 0.15) is 36.6 Å². The summed E-state index contributed by atoms with van der Waals surface area (Å²) in [5, 5.41) is 15.7. The number of phenols is 1. The van der Waals surface area contributed by atoms with E-state index in [2.05, 4.69) is 17.0 Å². The van der Waals surface area contributed by atoms with E-state index in [0.717, 1.165) is 41.0 Å². The molecule has 3 aromatic rings. The van der Waals surface area contributed by atoms with Crippen molar-refractivity contribution in [2.45, 2.75) is 32.7 Å². The lowest BCUT2D eigenvalue weighted by molar-refractivity contribution is 0.175. The fourth-order valence-corrected chi connectivity index (χ4v) is 4.06. The normalized spacial score (nSPS) is 18.1. The molecule has 0 saturated carbocycles. The summed E-state index contributed by atoms with van der Waals surface area (Å²) in [5.41, 5.74) is 3.45. The zero-order chi connectivity index (χ0) is 18.8. The molecule has 0 bridgehead atoms. The summed E-state index contributed by atoms with van der Waals surface area (Å²) >= 11 is 0. The number of hydrogen-bond donors (Lipinski definition) is 1. The molecule has 2 heterocycles. The maximum atomic E-state index is 10.5. The van der Waals surface area contributed by atoms with Gasteiger partial charge in [0, 0.05) is 30.5 Å². The first-order valence-electron chi connectivity index (χ1n) is 9.59. The minimum atomic E-state index is 0.278. The van der Waals surface area contributed by atoms with Gasteiger partial charge in [-0.3, -0.25) is 4.90 Å². The molecule has 0 amide bonds. The number of methoxy groups -OCH3 is 1. The standard InChI is InChI=1S/C22H26N2O3/c1-15-6-5-11-24(13-15)14-18-20(25)10-9-17-19(23-27-22(17)18)12-16-7-3-4-8-21(16)26-2/h3-4,7-10,15,25H,5-6,11-14H2,1-2H3. The Kier molecular flexibility index (Phi) is 5.03. The van der Waals surface area contributed by atoms with E-state index in [1.807, 2.05) is 30.3 Å². The molecule has 142 valence electrons. The first kappa shape index (κ1) is 17.9. The van der Waals surface area contributed by atoms with E-state index in [-0.39, 0.29) is 5.75 Å². The first-order chi connectivity index (χ1) is 13.2. The van der Waals surface area contributed by atoms with Gasteiger partial charge in [0.25, 0.3) is 0 Å². The number of rotatable bonds is 5. The van der Waals surface area contributed by atoms with E-state index in [9.17, 15) is 5.11 Å². The maximum Gasteiger partial charge on any atom is 0.175 e. The molecule has 1 atom stereocenters. The number of aromatic hydroxyl groups is 1. The highest BCUT2D eigenvalue weighted by atomic mass is 16.5. The third-order valence-corrected chi connectivity index (χ3v) is 5.47. The second-order valence-corrected chi connectivity index (χ2v) is 7.54. The SMILES string of the molecule is COc1ccccc1Cc1noc2c(CN3CCCC(C)C3)c(O)ccc12. The van der Waals surface area contributed by atoms with Crippen LogP contribution in [0.4, 0.5) is 0 Å². The van der Waals surface area contributed by atoms with Crippen LogP contribution in [0.3, 0.4) is 0 Å². The van der Waals surface area contributed by atoms with E-state index in [1.54, 1.807) is 13.2 Å². The Morgan fingerprint density at radius 2 is 2.11 bits per heavy atom. The predicted octanol–water partition coefficient (Wildman–Crippen LogP) is 4.36. The number of benzene rings is 2. The lowest BCUT2D eigenvalue weighted by Crippen LogP contribution is -2.33. The summed E-state index contributed by atoms with van der Waals surface area (Å²) in [5.74, 6) is 1.81. The molecule has 5 heteroatoms. The minimum absolute atomic E-state index is 0.278. The average Bonchev–Trinajstić information content (AvgIpc) is 3.07. The third kappa shape index (κ3) is 3.65. The van der Waals surface area contributed by atoms with Gasteiger partial charge in [-0.05, 0) is 43.5 Å². The zero-order valence-corrected chi connectivity index (χ0v) is 15.9. The van der Waals surface area contributed by atoms with Gasteiger partial charge in [0.1, 0.15) is 11.5 Å². The second kappa shape index (κ2) is 7.61. The Morgan fingerprint density at radius 1 is 1.26 bits per heavy atom. The molecule has 1 aliphatic rings. The van der Waals surface area contributed by atoms with Gasteiger partial charge in [-0.15, -0.1) is 0 Å². The largest absolute Gasteiger partial charge is 0.507 e. The van der Waals surface area contributed by atoms with Crippen molar-refractivity contribution < 1.29 is 14.4 Å². The van der Waals surface area contributed by atoms with Crippen molar-refractivity contribution in [2.75, 3.05) is 20.2 Å². The van der Waals surface area contributed by atoms with Gasteiger partial charge in [-0.2, -0.15) is 0 Å². The highest BCUT2D eigenvalue weighted by Gasteiger charge is 2.22. The van der Waals surface area contributed by atoms with E-state index < -0.39 is 0 Å². The molecule has 27 heavy (non-hydrogen) atoms. The molecule has 5 nitrogen and oxygen atoms in total. The minimum Gasteiger partial charge on any atom is -0.507 e.